The number of hydrogen-bond acceptors (Lipinski definition) is 6. The van der Waals surface area contributed by atoms with Gasteiger partial charge in [0.1, 0.15) is 5.03 Å². The zero-order valence-corrected chi connectivity index (χ0v) is 18.5. The van der Waals surface area contributed by atoms with Crippen molar-refractivity contribution in [1.82, 2.24) is 8.69 Å². The Morgan fingerprint density at radius 3 is 2.43 bits per heavy atom. The van der Waals surface area contributed by atoms with E-state index in [2.05, 4.69) is 4.98 Å². The van der Waals surface area contributed by atoms with Crippen molar-refractivity contribution in [2.75, 3.05) is 13.7 Å². The molecule has 6 nitrogen and oxygen atoms in total. The smallest absolute Gasteiger partial charge is 0.417 e. The van der Waals surface area contributed by atoms with Gasteiger partial charge in [0.25, 0.3) is 10.0 Å². The second kappa shape index (κ2) is 9.54. The zero-order valence-electron chi connectivity index (χ0n) is 16.2. The molecule has 0 fully saturated rings. The molecular weight excluding hydrogens is 465 g/mol. The van der Waals surface area contributed by atoms with Gasteiger partial charge in [0, 0.05) is 12.7 Å². The molecule has 0 spiro atoms. The normalized spacial score (nSPS) is 12.3. The van der Waals surface area contributed by atoms with Crippen LogP contribution in [0.15, 0.2) is 40.4 Å². The molecule has 0 aliphatic rings. The summed E-state index contributed by atoms with van der Waals surface area (Å²) < 4.78 is 70.1. The van der Waals surface area contributed by atoms with Crippen molar-refractivity contribution in [3.05, 3.63) is 52.2 Å². The summed E-state index contributed by atoms with van der Waals surface area (Å²) in [5, 5.41) is -0.437. The Bertz CT molecular complexity index is 1050. The molecular formula is C18H18ClF3N2O4S2. The predicted octanol–water partition coefficient (Wildman–Crippen LogP) is 4.82. The molecule has 164 valence electrons. The van der Waals surface area contributed by atoms with Crippen LogP contribution in [0.5, 0.6) is 0 Å². The van der Waals surface area contributed by atoms with E-state index in [-0.39, 0.29) is 27.1 Å². The van der Waals surface area contributed by atoms with Crippen LogP contribution in [0.3, 0.4) is 0 Å². The third kappa shape index (κ3) is 5.26. The molecule has 0 unspecified atom stereocenters. The van der Waals surface area contributed by atoms with Crippen molar-refractivity contribution >= 4 is 39.5 Å². The zero-order chi connectivity index (χ0) is 22.7. The minimum Gasteiger partial charge on any atom is -0.465 e. The summed E-state index contributed by atoms with van der Waals surface area (Å²) in [5.74, 6) is -0.674. The van der Waals surface area contributed by atoms with E-state index in [0.717, 1.165) is 3.71 Å². The van der Waals surface area contributed by atoms with Crippen molar-refractivity contribution in [2.45, 2.75) is 36.4 Å². The van der Waals surface area contributed by atoms with Crippen molar-refractivity contribution in [2.24, 2.45) is 0 Å². The van der Waals surface area contributed by atoms with Gasteiger partial charge in [0.15, 0.2) is 0 Å². The lowest BCUT2D eigenvalue weighted by molar-refractivity contribution is -0.137. The van der Waals surface area contributed by atoms with Crippen LogP contribution in [0.1, 0.15) is 35.3 Å². The lowest BCUT2D eigenvalue weighted by Crippen LogP contribution is -2.25. The van der Waals surface area contributed by atoms with Crippen molar-refractivity contribution < 1.29 is 31.1 Å². The number of hydrogen-bond donors (Lipinski definition) is 0. The molecule has 2 aromatic rings. The number of benzene rings is 1. The van der Waals surface area contributed by atoms with Crippen LogP contribution in [0.4, 0.5) is 13.2 Å². The first-order chi connectivity index (χ1) is 13.9. The summed E-state index contributed by atoms with van der Waals surface area (Å²) >= 11 is 6.48. The highest BCUT2D eigenvalue weighted by molar-refractivity contribution is 8.08. The summed E-state index contributed by atoms with van der Waals surface area (Å²) in [5.41, 5.74) is -0.308. The number of carbonyl (C=O) groups is 1. The summed E-state index contributed by atoms with van der Waals surface area (Å²) in [4.78, 5) is 15.5. The highest BCUT2D eigenvalue weighted by atomic mass is 35.5. The molecule has 0 saturated heterocycles. The number of rotatable bonds is 7. The first-order valence-corrected chi connectivity index (χ1v) is 11.2. The van der Waals surface area contributed by atoms with E-state index < -0.39 is 27.7 Å². The highest BCUT2D eigenvalue weighted by Crippen LogP contribution is 2.36. The van der Waals surface area contributed by atoms with Gasteiger partial charge in [-0.1, -0.05) is 31.5 Å². The number of sulfonamides is 1. The Balaban J connectivity index is 2.42. The Kier molecular flexibility index (Phi) is 7.78. The maximum atomic E-state index is 13.1. The number of aromatic nitrogens is 1. The molecule has 0 radical (unpaired) electrons. The third-order valence-electron chi connectivity index (χ3n) is 4.01. The van der Waals surface area contributed by atoms with E-state index in [1.807, 2.05) is 6.92 Å². The first kappa shape index (κ1) is 24.4. The number of aryl methyl sites for hydroxylation is 1. The van der Waals surface area contributed by atoms with E-state index in [1.54, 1.807) is 6.92 Å². The molecule has 0 aliphatic heterocycles. The third-order valence-corrected chi connectivity index (χ3v) is 7.83. The second-order valence-corrected chi connectivity index (χ2v) is 9.40. The van der Waals surface area contributed by atoms with Gasteiger partial charge in [-0.3, -0.25) is 0 Å². The van der Waals surface area contributed by atoms with Gasteiger partial charge in [0.05, 0.1) is 28.2 Å². The number of esters is 1. The molecule has 12 heteroatoms. The maximum absolute atomic E-state index is 13.1. The quantitative estimate of drug-likeness (QED) is 0.416. The number of methoxy groups -OCH3 is 1. The number of alkyl halides is 3. The monoisotopic (exact) mass is 482 g/mol. The second-order valence-electron chi connectivity index (χ2n) is 5.89. The molecule has 0 bridgehead atoms. The summed E-state index contributed by atoms with van der Waals surface area (Å²) in [6.07, 6.45) is -3.55. The van der Waals surface area contributed by atoms with Crippen molar-refractivity contribution in [1.29, 1.82) is 0 Å². The highest BCUT2D eigenvalue weighted by Gasteiger charge is 2.33. The lowest BCUT2D eigenvalue weighted by atomic mass is 10.1. The molecule has 2 rings (SSSR count). The van der Waals surface area contributed by atoms with E-state index in [0.29, 0.717) is 36.2 Å². The molecule has 1 aromatic carbocycles. The number of pyridine rings is 1. The fraction of sp³-hybridized carbons (Fsp3) is 0.333. The van der Waals surface area contributed by atoms with Crippen LogP contribution in [0, 0.1) is 0 Å². The maximum Gasteiger partial charge on any atom is 0.417 e. The largest absolute Gasteiger partial charge is 0.465 e. The fourth-order valence-corrected chi connectivity index (χ4v) is 5.25. The molecule has 0 N–H and O–H groups in total. The van der Waals surface area contributed by atoms with E-state index in [1.165, 1.54) is 25.3 Å². The minimum absolute atomic E-state index is 0.0326. The van der Waals surface area contributed by atoms with Crippen LogP contribution in [0.25, 0.3) is 0 Å². The Morgan fingerprint density at radius 2 is 1.93 bits per heavy atom. The summed E-state index contributed by atoms with van der Waals surface area (Å²) in [7, 11) is -2.94. The molecule has 30 heavy (non-hydrogen) atoms. The van der Waals surface area contributed by atoms with Crippen molar-refractivity contribution in [3.8, 4) is 0 Å². The van der Waals surface area contributed by atoms with Crippen LogP contribution < -0.4 is 0 Å². The SMILES string of the molecule is CCc1ccc(S(=O)(=O)N(CC)Sc2ncc(C(F)(F)F)cc2Cl)cc1C(=O)OC. The van der Waals surface area contributed by atoms with Gasteiger partial charge in [0.2, 0.25) is 0 Å². The van der Waals surface area contributed by atoms with Crippen LogP contribution in [-0.2, 0) is 27.4 Å². The number of carbonyl (C=O) groups excluding carboxylic acids is 1. The molecule has 1 heterocycles. The summed E-state index contributed by atoms with van der Waals surface area (Å²) in [6, 6.07) is 4.76. The molecule has 1 aromatic heterocycles. The van der Waals surface area contributed by atoms with E-state index >= 15 is 0 Å². The van der Waals surface area contributed by atoms with Crippen molar-refractivity contribution in [3.63, 3.8) is 0 Å². The average molecular weight is 483 g/mol. The van der Waals surface area contributed by atoms with Gasteiger partial charge >= 0.3 is 12.1 Å². The Morgan fingerprint density at radius 1 is 1.27 bits per heavy atom. The molecule has 0 atom stereocenters. The minimum atomic E-state index is -4.62. The van der Waals surface area contributed by atoms with Crippen LogP contribution in [0.2, 0.25) is 5.02 Å². The Hall–Kier alpha value is -1.82. The number of halogens is 4. The summed E-state index contributed by atoms with van der Waals surface area (Å²) in [6.45, 7) is 3.32. The van der Waals surface area contributed by atoms with Crippen LogP contribution >= 0.6 is 23.5 Å². The Labute approximate surface area is 181 Å². The fourth-order valence-electron chi connectivity index (χ4n) is 2.47. The first-order valence-electron chi connectivity index (χ1n) is 8.60. The molecule has 0 amide bonds. The van der Waals surface area contributed by atoms with Gasteiger partial charge in [-0.05, 0) is 42.1 Å². The predicted molar refractivity (Wildman–Crippen MR) is 107 cm³/mol. The van der Waals surface area contributed by atoms with E-state index in [9.17, 15) is 26.4 Å². The molecule has 0 aliphatic carbocycles. The number of ether oxygens (including phenoxy) is 1. The average Bonchev–Trinajstić information content (AvgIpc) is 2.70. The van der Waals surface area contributed by atoms with Gasteiger partial charge in [-0.25, -0.2) is 18.2 Å². The number of nitrogens with zero attached hydrogens (tertiary/aromatic N) is 2. The standard InChI is InChI=1S/C18H18ClF3N2O4S2/c1-4-11-6-7-13(9-14(11)17(25)28-3)30(26,27)24(5-2)29-16-15(19)8-12(10-23-16)18(20,21)22/h6-10H,4-5H2,1-3H3. The van der Waals surface area contributed by atoms with Gasteiger partial charge < -0.3 is 4.74 Å². The van der Waals surface area contributed by atoms with Gasteiger partial charge in [-0.15, -0.1) is 3.71 Å². The van der Waals surface area contributed by atoms with Crippen LogP contribution in [-0.4, -0.2) is 36.7 Å². The van der Waals surface area contributed by atoms with E-state index in [4.69, 9.17) is 16.3 Å². The topological polar surface area (TPSA) is 76.6 Å². The van der Waals surface area contributed by atoms with Gasteiger partial charge in [-0.2, -0.15) is 13.2 Å². The lowest BCUT2D eigenvalue weighted by Gasteiger charge is -2.20. The molecule has 0 saturated carbocycles.